The van der Waals surface area contributed by atoms with Crippen molar-refractivity contribution in [3.8, 4) is 0 Å². The number of fused-ring (bicyclic) bond motifs is 6. The number of halogens is 2. The number of hydrogen-bond donors (Lipinski definition) is 8. The van der Waals surface area contributed by atoms with Crippen LogP contribution in [0.15, 0.2) is 183 Å². The zero-order chi connectivity index (χ0) is 67.4. The fourth-order valence-corrected chi connectivity index (χ4v) is 12.0. The van der Waals surface area contributed by atoms with E-state index in [1.54, 1.807) is 48.5 Å². The summed E-state index contributed by atoms with van der Waals surface area (Å²) in [7, 11) is 0. The molecule has 2 aliphatic heterocycles. The van der Waals surface area contributed by atoms with Gasteiger partial charge >= 0.3 is 23.0 Å². The van der Waals surface area contributed by atoms with Crippen LogP contribution in [0, 0.1) is 10.1 Å². The van der Waals surface area contributed by atoms with Crippen molar-refractivity contribution in [1.29, 1.82) is 0 Å². The van der Waals surface area contributed by atoms with Crippen LogP contribution in [0.2, 0.25) is 0 Å². The minimum Gasteiger partial charge on any atom is -0.408 e. The van der Waals surface area contributed by atoms with Gasteiger partial charge in [-0.3, -0.25) is 44.5 Å². The first-order chi connectivity index (χ1) is 47.1. The third kappa shape index (κ3) is 17.8. The van der Waals surface area contributed by atoms with Crippen molar-refractivity contribution in [2.24, 2.45) is 0 Å². The Kier molecular flexibility index (Phi) is 22.0. The van der Waals surface area contributed by atoms with Crippen LogP contribution in [0.3, 0.4) is 0 Å². The number of ketones is 2. The lowest BCUT2D eigenvalue weighted by molar-refractivity contribution is -0.384. The Bertz CT molecular complexity index is 4940. The molecule has 9 N–H and O–H groups in total. The van der Waals surface area contributed by atoms with Gasteiger partial charge in [-0.2, -0.15) is 0 Å². The van der Waals surface area contributed by atoms with E-state index in [2.05, 4.69) is 123 Å². The summed E-state index contributed by atoms with van der Waals surface area (Å²) in [6, 6.07) is 37.4. The number of aromatic amines is 4. The standard InChI is InChI=1S/C27H28N6O3.C17H21N5.C10H8ClNO3.C7H4N2O4.C7H6N2O2.ClH/c34-23(11-18-5-6-24-25(12-18)36-27(35)31-24)17-32-7-9-33(10-8-32)22-15-28-26(29-16-22)30-21-13-19-3-1-2-4-20(19)14-21;1-2-4-14-10-15(9-13(14)3-1)21-17-19-11-16(12-20-17)22-7-5-18-6-8-22;11-5-7(13)3-6-1-2-8-9(4-6)15-10(14)12-8;10-7-8-5-2-1-4(9(11)12)3-6(5)13-7;8-4-1-2-5-6(3-4)11-7(10)9-5;/h1-6,12,15-16,21H,7-11,13-14,17H2,(H,31,35)(H,28,29,30);1-4,11-12,15,18H,5-10H2,(H,19,20,21);1-2,4H,3,5H2,(H,12,14);1-3H,(H,8,10);1-3H,8H2,(H,9,10);1H. The lowest BCUT2D eigenvalue weighted by atomic mass is 10.1. The molecule has 2 fully saturated rings. The van der Waals surface area contributed by atoms with Crippen molar-refractivity contribution >= 4 is 115 Å². The highest BCUT2D eigenvalue weighted by molar-refractivity contribution is 6.27. The number of nitrogens with one attached hydrogen (secondary N) is 7. The monoisotopic (exact) mass is 1370 g/mol. The zero-order valence-electron chi connectivity index (χ0n) is 52.7. The van der Waals surface area contributed by atoms with Crippen LogP contribution in [0.25, 0.3) is 44.4 Å². The molecule has 4 aliphatic rings. The highest BCUT2D eigenvalue weighted by atomic mass is 35.5. The average molecular weight is 1370 g/mol. The number of hydrogen-bond acceptors (Lipinski definition) is 23. The maximum absolute atomic E-state index is 12.6. The molecule has 0 radical (unpaired) electrons. The van der Waals surface area contributed by atoms with Crippen molar-refractivity contribution in [1.82, 2.24) is 50.1 Å². The number of aromatic nitrogens is 8. The van der Waals surface area contributed by atoms with Crippen LogP contribution in [0.1, 0.15) is 33.4 Å². The summed E-state index contributed by atoms with van der Waals surface area (Å²) in [5, 5.41) is 20.6. The molecule has 2 saturated heterocycles. The lowest BCUT2D eigenvalue weighted by Gasteiger charge is -2.35. The molecule has 28 nitrogen and oxygen atoms in total. The number of carbonyl (C=O) groups is 2. The van der Waals surface area contributed by atoms with Gasteiger partial charge < -0.3 is 49.2 Å². The minimum atomic E-state index is -0.615. The summed E-state index contributed by atoms with van der Waals surface area (Å²) < 4.78 is 19.4. The molecule has 0 amide bonds. The van der Waals surface area contributed by atoms with Gasteiger partial charge in [0.2, 0.25) is 11.9 Å². The third-order valence-corrected chi connectivity index (χ3v) is 16.9. The SMILES string of the molecule is Cl.Nc1ccc2[nH]c(=O)oc2c1.O=C(CCl)Cc1ccc2[nH]c(=O)oc2c1.O=C(Cc1ccc2[nH]c(=O)oc2c1)CN1CCN(c2cnc(NC3Cc4ccccc4C3)nc2)CC1.O=c1[nH]c2ccc([N+](=O)[O-])cc2o1.c1ccc2c(c1)CC(Nc1ncc(N3CCNCC3)cn1)C2. The Morgan fingerprint density at radius 2 is 0.918 bits per heavy atom. The Hall–Kier alpha value is -11.2. The maximum atomic E-state index is 12.6. The number of anilines is 5. The number of carbonyl (C=O) groups excluding carboxylic acids is 2. The van der Waals surface area contributed by atoms with Crippen LogP contribution in [-0.4, -0.2) is 138 Å². The number of Topliss-reactive ketones (excluding diaryl/α,β-unsaturated/α-hetero) is 2. The Balaban J connectivity index is 0.000000134. The summed E-state index contributed by atoms with van der Waals surface area (Å²) in [5.74, 6) is -0.568. The average Bonchev–Trinajstić information content (AvgIpc) is 1.56. The third-order valence-electron chi connectivity index (χ3n) is 16.6. The van der Waals surface area contributed by atoms with Crippen molar-refractivity contribution in [2.75, 3.05) is 90.9 Å². The van der Waals surface area contributed by atoms with E-state index in [0.717, 1.165) is 106 Å². The number of nitrogen functional groups attached to an aromatic ring is 1. The zero-order valence-corrected chi connectivity index (χ0v) is 54.2. The molecule has 6 aromatic carbocycles. The molecule has 8 heterocycles. The van der Waals surface area contributed by atoms with Gasteiger partial charge in [-0.1, -0.05) is 60.7 Å². The van der Waals surface area contributed by atoms with Gasteiger partial charge in [0.15, 0.2) is 33.9 Å². The van der Waals surface area contributed by atoms with Crippen LogP contribution in [0.5, 0.6) is 0 Å². The number of nitrogens with two attached hydrogens (primary N) is 1. The fraction of sp³-hybridized carbons (Fsp3) is 0.265. The van der Waals surface area contributed by atoms with Gasteiger partial charge in [0.25, 0.3) is 5.69 Å². The second kappa shape index (κ2) is 31.6. The van der Waals surface area contributed by atoms with E-state index in [-0.39, 0.29) is 47.5 Å². The molecule has 0 saturated carbocycles. The number of alkyl halides is 1. The van der Waals surface area contributed by atoms with Gasteiger partial charge in [0.1, 0.15) is 0 Å². The van der Waals surface area contributed by atoms with Gasteiger partial charge in [0, 0.05) is 95.1 Å². The lowest BCUT2D eigenvalue weighted by Crippen LogP contribution is -2.48. The maximum Gasteiger partial charge on any atom is 0.417 e. The molecule has 0 unspecified atom stereocenters. The highest BCUT2D eigenvalue weighted by Crippen LogP contribution is 2.27. The molecule has 6 aromatic heterocycles. The minimum absolute atomic E-state index is 0. The number of rotatable bonds is 14. The van der Waals surface area contributed by atoms with Crippen molar-refractivity contribution in [3.05, 3.63) is 232 Å². The molecule has 30 heteroatoms. The van der Waals surface area contributed by atoms with E-state index < -0.39 is 27.9 Å². The topological polar surface area (TPSA) is 385 Å². The van der Waals surface area contributed by atoms with Crippen molar-refractivity contribution < 1.29 is 32.2 Å². The van der Waals surface area contributed by atoms with Crippen LogP contribution < -0.4 is 54.5 Å². The van der Waals surface area contributed by atoms with Gasteiger partial charge in [0.05, 0.1) is 81.6 Å². The first-order valence-corrected chi connectivity index (χ1v) is 31.8. The molecule has 0 atom stereocenters. The van der Waals surface area contributed by atoms with Gasteiger partial charge in [-0.05, 0) is 102 Å². The second-order valence-electron chi connectivity index (χ2n) is 23.5. The first kappa shape index (κ1) is 68.2. The van der Waals surface area contributed by atoms with E-state index in [1.807, 2.05) is 30.9 Å². The molecule has 0 spiro atoms. The number of non-ortho nitro benzene ring substituents is 1. The molecule has 12 aromatic rings. The number of nitrogens with zero attached hydrogens (tertiary/aromatic N) is 8. The van der Waals surface area contributed by atoms with E-state index in [4.69, 9.17) is 30.6 Å². The number of nitro benzene ring substituents is 1. The van der Waals surface area contributed by atoms with E-state index in [9.17, 15) is 38.9 Å². The highest BCUT2D eigenvalue weighted by Gasteiger charge is 2.25. The normalized spacial score (nSPS) is 14.3. The summed E-state index contributed by atoms with van der Waals surface area (Å²) >= 11 is 5.40. The predicted octanol–water partition coefficient (Wildman–Crippen LogP) is 7.52. The van der Waals surface area contributed by atoms with E-state index >= 15 is 0 Å². The molecular formula is C68H68Cl2N16O12. The summed E-state index contributed by atoms with van der Waals surface area (Å²) in [6.45, 7) is 7.76. The Labute approximate surface area is 567 Å². The number of H-pyrrole nitrogens is 4. The van der Waals surface area contributed by atoms with Crippen LogP contribution in [0.4, 0.5) is 34.6 Å². The molecular weight excluding hydrogens is 1300 g/mol. The van der Waals surface area contributed by atoms with Crippen LogP contribution >= 0.6 is 24.0 Å². The van der Waals surface area contributed by atoms with Gasteiger partial charge in [-0.15, -0.1) is 24.0 Å². The number of benzene rings is 6. The first-order valence-electron chi connectivity index (χ1n) is 31.3. The van der Waals surface area contributed by atoms with E-state index in [0.29, 0.717) is 75.5 Å². The van der Waals surface area contributed by atoms with Crippen molar-refractivity contribution in [2.45, 2.75) is 50.6 Å². The quantitative estimate of drug-likeness (QED) is 0.0226. The number of piperazine rings is 2. The van der Waals surface area contributed by atoms with Crippen molar-refractivity contribution in [3.63, 3.8) is 0 Å². The Morgan fingerprint density at radius 1 is 0.531 bits per heavy atom. The largest absolute Gasteiger partial charge is 0.417 e. The number of nitro groups is 1. The van der Waals surface area contributed by atoms with E-state index in [1.165, 1.54) is 40.5 Å². The smallest absolute Gasteiger partial charge is 0.408 e. The van der Waals surface area contributed by atoms with Crippen LogP contribution in [-0.2, 0) is 48.1 Å². The Morgan fingerprint density at radius 3 is 1.35 bits per heavy atom. The summed E-state index contributed by atoms with van der Waals surface area (Å²) in [4.78, 5) is 112. The molecule has 506 valence electrons. The fourth-order valence-electron chi connectivity index (χ4n) is 11.9. The predicted molar refractivity (Wildman–Crippen MR) is 374 cm³/mol. The summed E-state index contributed by atoms with van der Waals surface area (Å²) in [5.41, 5.74) is 19.4. The van der Waals surface area contributed by atoms with Gasteiger partial charge in [-0.25, -0.2) is 39.1 Å². The second-order valence-corrected chi connectivity index (χ2v) is 23.8. The molecule has 2 aliphatic carbocycles. The summed E-state index contributed by atoms with van der Waals surface area (Å²) in [6.07, 6.45) is 12.3. The molecule has 0 bridgehead atoms. The number of oxazole rings is 4. The molecule has 98 heavy (non-hydrogen) atoms. The molecule has 16 rings (SSSR count).